The zero-order valence-electron chi connectivity index (χ0n) is 9.78. The smallest absolute Gasteiger partial charge is 0.356 e. The van der Waals surface area contributed by atoms with Crippen LogP contribution in [-0.2, 0) is 18.3 Å². The standard InChI is InChI=1S/C9H12N6O2/c1-6-10-4-7(9(16)17-3)15(6)5-8-11-13-14(2)12-8/h4H,5H2,1-3H3. The van der Waals surface area contributed by atoms with Crippen molar-refractivity contribution in [3.63, 3.8) is 0 Å². The Kier molecular flexibility index (Phi) is 2.86. The second kappa shape index (κ2) is 4.32. The van der Waals surface area contributed by atoms with Crippen molar-refractivity contribution < 1.29 is 9.53 Å². The number of aromatic nitrogens is 6. The normalized spacial score (nSPS) is 10.5. The fraction of sp³-hybridized carbons (Fsp3) is 0.444. The maximum Gasteiger partial charge on any atom is 0.356 e. The minimum Gasteiger partial charge on any atom is -0.464 e. The number of hydrogen-bond donors (Lipinski definition) is 0. The zero-order chi connectivity index (χ0) is 12.4. The van der Waals surface area contributed by atoms with E-state index in [1.807, 2.05) is 0 Å². The SMILES string of the molecule is COC(=O)c1cnc(C)n1Cc1nnn(C)n1. The van der Waals surface area contributed by atoms with Crippen LogP contribution in [0, 0.1) is 6.92 Å². The Morgan fingerprint density at radius 1 is 1.53 bits per heavy atom. The summed E-state index contributed by atoms with van der Waals surface area (Å²) >= 11 is 0. The van der Waals surface area contributed by atoms with Crippen LogP contribution in [0.25, 0.3) is 0 Å². The average molecular weight is 236 g/mol. The minimum absolute atomic E-state index is 0.337. The highest BCUT2D eigenvalue weighted by Gasteiger charge is 2.16. The predicted molar refractivity (Wildman–Crippen MR) is 56.2 cm³/mol. The van der Waals surface area contributed by atoms with Gasteiger partial charge in [-0.25, -0.2) is 9.78 Å². The van der Waals surface area contributed by atoms with E-state index in [4.69, 9.17) is 0 Å². The molecule has 2 heterocycles. The summed E-state index contributed by atoms with van der Waals surface area (Å²) < 4.78 is 6.36. The Balaban J connectivity index is 2.31. The monoisotopic (exact) mass is 236 g/mol. The number of hydrogen-bond acceptors (Lipinski definition) is 6. The topological polar surface area (TPSA) is 87.7 Å². The van der Waals surface area contributed by atoms with Gasteiger partial charge >= 0.3 is 5.97 Å². The van der Waals surface area contributed by atoms with E-state index in [1.165, 1.54) is 18.1 Å². The van der Waals surface area contributed by atoms with Gasteiger partial charge in [-0.1, -0.05) is 0 Å². The molecule has 8 heteroatoms. The quantitative estimate of drug-likeness (QED) is 0.671. The van der Waals surface area contributed by atoms with Gasteiger partial charge in [-0.2, -0.15) is 4.80 Å². The molecule has 0 fully saturated rings. The molecule has 2 rings (SSSR count). The first-order valence-electron chi connectivity index (χ1n) is 4.95. The zero-order valence-corrected chi connectivity index (χ0v) is 9.78. The number of rotatable bonds is 3. The van der Waals surface area contributed by atoms with E-state index >= 15 is 0 Å². The van der Waals surface area contributed by atoms with Crippen LogP contribution >= 0.6 is 0 Å². The third-order valence-corrected chi connectivity index (χ3v) is 2.30. The number of esters is 1. The van der Waals surface area contributed by atoms with Crippen LogP contribution < -0.4 is 0 Å². The molecule has 0 aliphatic carbocycles. The van der Waals surface area contributed by atoms with Crippen molar-refractivity contribution in [3.8, 4) is 0 Å². The molecule has 90 valence electrons. The molecule has 0 spiro atoms. The summed E-state index contributed by atoms with van der Waals surface area (Å²) in [5, 5.41) is 11.6. The minimum atomic E-state index is -0.436. The number of aryl methyl sites for hydroxylation is 2. The highest BCUT2D eigenvalue weighted by atomic mass is 16.5. The first-order valence-corrected chi connectivity index (χ1v) is 4.95. The van der Waals surface area contributed by atoms with Gasteiger partial charge in [0, 0.05) is 0 Å². The Labute approximate surface area is 97.2 Å². The maximum absolute atomic E-state index is 11.5. The summed E-state index contributed by atoms with van der Waals surface area (Å²) in [6.45, 7) is 2.13. The van der Waals surface area contributed by atoms with Crippen molar-refractivity contribution >= 4 is 5.97 Å². The molecule has 0 aliphatic heterocycles. The van der Waals surface area contributed by atoms with Crippen molar-refractivity contribution in [2.24, 2.45) is 7.05 Å². The Morgan fingerprint density at radius 3 is 2.88 bits per heavy atom. The molecule has 0 N–H and O–H groups in total. The van der Waals surface area contributed by atoms with Crippen molar-refractivity contribution in [3.05, 3.63) is 23.5 Å². The molecule has 0 bridgehead atoms. The van der Waals surface area contributed by atoms with E-state index in [2.05, 4.69) is 25.1 Å². The number of carbonyl (C=O) groups excluding carboxylic acids is 1. The third-order valence-electron chi connectivity index (χ3n) is 2.30. The van der Waals surface area contributed by atoms with Gasteiger partial charge in [-0.05, 0) is 12.1 Å². The fourth-order valence-corrected chi connectivity index (χ4v) is 1.46. The van der Waals surface area contributed by atoms with Gasteiger partial charge in [0.2, 0.25) is 0 Å². The molecular weight excluding hydrogens is 224 g/mol. The molecule has 0 radical (unpaired) electrons. The van der Waals surface area contributed by atoms with Crippen LogP contribution in [-0.4, -0.2) is 42.8 Å². The third kappa shape index (κ3) is 2.14. The summed E-state index contributed by atoms with van der Waals surface area (Å²) in [6.07, 6.45) is 1.47. The molecule has 0 aliphatic rings. The number of carbonyl (C=O) groups is 1. The van der Waals surface area contributed by atoms with E-state index in [0.717, 1.165) is 0 Å². The van der Waals surface area contributed by atoms with E-state index in [0.29, 0.717) is 23.9 Å². The maximum atomic E-state index is 11.5. The van der Waals surface area contributed by atoms with Crippen LogP contribution in [0.5, 0.6) is 0 Å². The van der Waals surface area contributed by atoms with Crippen molar-refractivity contribution in [1.29, 1.82) is 0 Å². The van der Waals surface area contributed by atoms with Crippen molar-refractivity contribution in [2.75, 3.05) is 7.11 Å². The van der Waals surface area contributed by atoms with Gasteiger partial charge < -0.3 is 9.30 Å². The number of nitrogens with zero attached hydrogens (tertiary/aromatic N) is 6. The molecule has 0 aromatic carbocycles. The molecular formula is C9H12N6O2. The number of tetrazole rings is 1. The molecule has 2 aromatic heterocycles. The Hall–Kier alpha value is -2.25. The molecule has 0 saturated carbocycles. The molecule has 0 saturated heterocycles. The van der Waals surface area contributed by atoms with E-state index in [9.17, 15) is 4.79 Å². The van der Waals surface area contributed by atoms with Crippen LogP contribution in [0.2, 0.25) is 0 Å². The Morgan fingerprint density at radius 2 is 2.29 bits per heavy atom. The van der Waals surface area contributed by atoms with Gasteiger partial charge in [0.25, 0.3) is 0 Å². The second-order valence-corrected chi connectivity index (χ2v) is 3.46. The van der Waals surface area contributed by atoms with Crippen LogP contribution in [0.4, 0.5) is 0 Å². The summed E-state index contributed by atoms with van der Waals surface area (Å²) in [7, 11) is 3.01. The van der Waals surface area contributed by atoms with E-state index in [1.54, 1.807) is 18.5 Å². The lowest BCUT2D eigenvalue weighted by molar-refractivity contribution is 0.0588. The first-order chi connectivity index (χ1) is 8.11. The highest BCUT2D eigenvalue weighted by molar-refractivity contribution is 5.87. The van der Waals surface area contributed by atoms with Gasteiger partial charge in [0.1, 0.15) is 11.5 Å². The van der Waals surface area contributed by atoms with Gasteiger partial charge in [0.05, 0.1) is 26.9 Å². The van der Waals surface area contributed by atoms with Crippen molar-refractivity contribution in [2.45, 2.75) is 13.5 Å². The van der Waals surface area contributed by atoms with Gasteiger partial charge in [0.15, 0.2) is 5.82 Å². The average Bonchev–Trinajstić information content (AvgIpc) is 2.87. The molecule has 0 unspecified atom stereocenters. The summed E-state index contributed by atoms with van der Waals surface area (Å²) in [4.78, 5) is 16.9. The summed E-state index contributed by atoms with van der Waals surface area (Å²) in [5.41, 5.74) is 0.373. The predicted octanol–water partition coefficient (Wildman–Crippen LogP) is -0.450. The lowest BCUT2D eigenvalue weighted by atomic mass is 10.4. The molecule has 0 atom stereocenters. The molecule has 0 amide bonds. The van der Waals surface area contributed by atoms with Crippen molar-refractivity contribution in [1.82, 2.24) is 29.8 Å². The van der Waals surface area contributed by atoms with Crippen LogP contribution in [0.3, 0.4) is 0 Å². The largest absolute Gasteiger partial charge is 0.464 e. The van der Waals surface area contributed by atoms with Crippen LogP contribution in [0.1, 0.15) is 22.1 Å². The van der Waals surface area contributed by atoms with E-state index in [-0.39, 0.29) is 0 Å². The fourth-order valence-electron chi connectivity index (χ4n) is 1.46. The molecule has 17 heavy (non-hydrogen) atoms. The first kappa shape index (κ1) is 11.2. The van der Waals surface area contributed by atoms with Gasteiger partial charge in [-0.15, -0.1) is 10.2 Å². The highest BCUT2D eigenvalue weighted by Crippen LogP contribution is 2.08. The lowest BCUT2D eigenvalue weighted by Gasteiger charge is -2.05. The number of ether oxygens (including phenoxy) is 1. The van der Waals surface area contributed by atoms with Crippen LogP contribution in [0.15, 0.2) is 6.20 Å². The number of imidazole rings is 1. The molecule has 8 nitrogen and oxygen atoms in total. The summed E-state index contributed by atoms with van der Waals surface area (Å²) in [6, 6.07) is 0. The lowest BCUT2D eigenvalue weighted by Crippen LogP contribution is -2.13. The number of methoxy groups -OCH3 is 1. The molecule has 2 aromatic rings. The van der Waals surface area contributed by atoms with Gasteiger partial charge in [-0.3, -0.25) is 0 Å². The second-order valence-electron chi connectivity index (χ2n) is 3.46. The van der Waals surface area contributed by atoms with E-state index < -0.39 is 5.97 Å². The Bertz CT molecular complexity index is 543. The summed E-state index contributed by atoms with van der Waals surface area (Å²) in [5.74, 6) is 0.770.